The largest absolute Gasteiger partial charge is 0.415 e. The molecule has 0 aromatic rings. The molecule has 1 fully saturated rings. The zero-order valence-electron chi connectivity index (χ0n) is 9.01. The highest BCUT2D eigenvalue weighted by Gasteiger charge is 2.15. The van der Waals surface area contributed by atoms with E-state index in [1.807, 2.05) is 0 Å². The van der Waals surface area contributed by atoms with Gasteiger partial charge in [0.15, 0.2) is 0 Å². The summed E-state index contributed by atoms with van der Waals surface area (Å²) >= 11 is 0. The van der Waals surface area contributed by atoms with Crippen molar-refractivity contribution in [1.82, 2.24) is 5.32 Å². The van der Waals surface area contributed by atoms with E-state index in [0.29, 0.717) is 6.04 Å². The Morgan fingerprint density at radius 1 is 1.38 bits per heavy atom. The van der Waals surface area contributed by atoms with Crippen LogP contribution in [-0.4, -0.2) is 23.3 Å². The van der Waals surface area contributed by atoms with Crippen molar-refractivity contribution in [3.63, 3.8) is 0 Å². The molecule has 0 radical (unpaired) electrons. The summed E-state index contributed by atoms with van der Waals surface area (Å²) in [5, 5.41) is 3.39. The van der Waals surface area contributed by atoms with E-state index in [1.54, 1.807) is 0 Å². The van der Waals surface area contributed by atoms with Crippen LogP contribution in [-0.2, 0) is 4.43 Å². The lowest BCUT2D eigenvalue weighted by Crippen LogP contribution is -2.30. The molecule has 0 amide bonds. The molecular weight excluding hydrogens is 178 g/mol. The molecule has 0 aliphatic heterocycles. The molecule has 3 heteroatoms. The smallest absolute Gasteiger partial charge is 0.147 e. The van der Waals surface area contributed by atoms with Crippen LogP contribution in [0, 0.1) is 5.92 Å². The fourth-order valence-corrected chi connectivity index (χ4v) is 2.40. The van der Waals surface area contributed by atoms with Crippen molar-refractivity contribution >= 4 is 10.5 Å². The summed E-state index contributed by atoms with van der Waals surface area (Å²) in [4.78, 5) is 0. The van der Waals surface area contributed by atoms with Crippen molar-refractivity contribution in [2.75, 3.05) is 6.73 Å². The van der Waals surface area contributed by atoms with Gasteiger partial charge in [-0.15, -0.1) is 0 Å². The SMILES string of the molecule is CC(CC1CCCCC1)NCO[SiH3]. The van der Waals surface area contributed by atoms with Crippen molar-refractivity contribution in [1.29, 1.82) is 0 Å². The average Bonchev–Trinajstić information content (AvgIpc) is 2.16. The Bertz CT molecular complexity index is 126. The highest BCUT2D eigenvalue weighted by molar-refractivity contribution is 5.97. The molecule has 2 nitrogen and oxygen atoms in total. The molecular formula is C10H23NOSi. The Balaban J connectivity index is 2.07. The summed E-state index contributed by atoms with van der Waals surface area (Å²) in [6, 6.07) is 0.636. The highest BCUT2D eigenvalue weighted by Crippen LogP contribution is 2.27. The Morgan fingerprint density at radius 2 is 2.08 bits per heavy atom. The van der Waals surface area contributed by atoms with Crippen molar-refractivity contribution in [3.8, 4) is 0 Å². The second-order valence-electron chi connectivity index (χ2n) is 4.28. The maximum Gasteiger partial charge on any atom is 0.147 e. The zero-order chi connectivity index (χ0) is 9.52. The maximum atomic E-state index is 5.13. The summed E-state index contributed by atoms with van der Waals surface area (Å²) < 4.78 is 5.13. The minimum atomic E-state index is 0.636. The van der Waals surface area contributed by atoms with Crippen LogP contribution in [0.25, 0.3) is 0 Å². The van der Waals surface area contributed by atoms with E-state index in [1.165, 1.54) is 38.5 Å². The summed E-state index contributed by atoms with van der Waals surface area (Å²) in [6.45, 7) is 3.02. The van der Waals surface area contributed by atoms with Gasteiger partial charge in [-0.25, -0.2) is 0 Å². The Kier molecular flexibility index (Phi) is 5.67. The molecule has 1 rings (SSSR count). The molecule has 1 aliphatic carbocycles. The van der Waals surface area contributed by atoms with E-state index in [0.717, 1.165) is 23.1 Å². The molecule has 1 atom stereocenters. The van der Waals surface area contributed by atoms with Gasteiger partial charge in [0.1, 0.15) is 10.5 Å². The maximum absolute atomic E-state index is 5.13. The van der Waals surface area contributed by atoms with Crippen LogP contribution < -0.4 is 5.32 Å². The summed E-state index contributed by atoms with van der Waals surface area (Å²) in [5.74, 6) is 0.977. The predicted octanol–water partition coefficient (Wildman–Crippen LogP) is 1.19. The summed E-state index contributed by atoms with van der Waals surface area (Å²) in [6.07, 6.45) is 8.61. The number of hydrogen-bond acceptors (Lipinski definition) is 2. The molecule has 78 valence electrons. The topological polar surface area (TPSA) is 21.3 Å². The van der Waals surface area contributed by atoms with E-state index in [2.05, 4.69) is 12.2 Å². The van der Waals surface area contributed by atoms with E-state index in [4.69, 9.17) is 4.43 Å². The lowest BCUT2D eigenvalue weighted by Gasteiger charge is -2.25. The van der Waals surface area contributed by atoms with Gasteiger partial charge >= 0.3 is 0 Å². The van der Waals surface area contributed by atoms with Gasteiger partial charge in [-0.3, -0.25) is 5.32 Å². The van der Waals surface area contributed by atoms with Crippen molar-refractivity contribution < 1.29 is 4.43 Å². The summed E-state index contributed by atoms with van der Waals surface area (Å²) in [5.41, 5.74) is 0. The van der Waals surface area contributed by atoms with Crippen LogP contribution in [0.15, 0.2) is 0 Å². The summed E-state index contributed by atoms with van der Waals surface area (Å²) in [7, 11) is 0.844. The lowest BCUT2D eigenvalue weighted by molar-refractivity contribution is 0.252. The fraction of sp³-hybridized carbons (Fsp3) is 1.00. The van der Waals surface area contributed by atoms with Crippen LogP contribution in [0.1, 0.15) is 45.4 Å². The first-order valence-electron chi connectivity index (χ1n) is 5.55. The quantitative estimate of drug-likeness (QED) is 0.533. The van der Waals surface area contributed by atoms with Gasteiger partial charge in [0.25, 0.3) is 0 Å². The van der Waals surface area contributed by atoms with Crippen LogP contribution in [0.5, 0.6) is 0 Å². The van der Waals surface area contributed by atoms with Gasteiger partial charge < -0.3 is 4.43 Å². The Hall–Kier alpha value is 0.137. The number of rotatable bonds is 5. The first-order chi connectivity index (χ1) is 6.33. The third-order valence-corrected chi connectivity index (χ3v) is 3.28. The van der Waals surface area contributed by atoms with Gasteiger partial charge in [-0.1, -0.05) is 32.1 Å². The molecule has 0 heterocycles. The predicted molar refractivity (Wildman–Crippen MR) is 59.7 cm³/mol. The van der Waals surface area contributed by atoms with Crippen LogP contribution in [0.3, 0.4) is 0 Å². The Labute approximate surface area is 85.0 Å². The van der Waals surface area contributed by atoms with Gasteiger partial charge in [0, 0.05) is 6.04 Å². The van der Waals surface area contributed by atoms with Crippen LogP contribution in [0.4, 0.5) is 0 Å². The van der Waals surface area contributed by atoms with E-state index in [9.17, 15) is 0 Å². The molecule has 0 bridgehead atoms. The first kappa shape index (κ1) is 11.2. The average molecular weight is 201 g/mol. The second-order valence-corrected chi connectivity index (χ2v) is 4.86. The molecule has 13 heavy (non-hydrogen) atoms. The highest BCUT2D eigenvalue weighted by atomic mass is 28.2. The molecule has 0 aromatic carbocycles. The number of nitrogens with one attached hydrogen (secondary N) is 1. The fourth-order valence-electron chi connectivity index (χ4n) is 2.23. The third-order valence-electron chi connectivity index (χ3n) is 2.99. The molecule has 0 saturated heterocycles. The minimum Gasteiger partial charge on any atom is -0.415 e. The van der Waals surface area contributed by atoms with Crippen molar-refractivity contribution in [3.05, 3.63) is 0 Å². The van der Waals surface area contributed by atoms with Gasteiger partial charge in [-0.2, -0.15) is 0 Å². The Morgan fingerprint density at radius 3 is 2.69 bits per heavy atom. The molecule has 0 aromatic heterocycles. The molecule has 1 unspecified atom stereocenters. The van der Waals surface area contributed by atoms with E-state index in [-0.39, 0.29) is 0 Å². The van der Waals surface area contributed by atoms with Crippen LogP contribution in [0.2, 0.25) is 0 Å². The first-order valence-corrected chi connectivity index (χ1v) is 6.37. The zero-order valence-corrected chi connectivity index (χ0v) is 11.0. The van der Waals surface area contributed by atoms with Gasteiger partial charge in [0.05, 0.1) is 6.73 Å². The third kappa shape index (κ3) is 4.79. The minimum absolute atomic E-state index is 0.636. The van der Waals surface area contributed by atoms with Gasteiger partial charge in [-0.05, 0) is 19.3 Å². The monoisotopic (exact) mass is 201 g/mol. The number of hydrogen-bond donors (Lipinski definition) is 1. The molecule has 0 spiro atoms. The van der Waals surface area contributed by atoms with Crippen molar-refractivity contribution in [2.24, 2.45) is 5.92 Å². The normalized spacial score (nSPS) is 21.9. The van der Waals surface area contributed by atoms with Gasteiger partial charge in [0.2, 0.25) is 0 Å². The second kappa shape index (κ2) is 6.57. The standard InChI is InChI=1S/C10H23NOSi/c1-9(11-8-12-13)7-10-5-3-2-4-6-10/h9-11H,2-8H2,1,13H3. The van der Waals surface area contributed by atoms with Crippen LogP contribution >= 0.6 is 0 Å². The van der Waals surface area contributed by atoms with E-state index < -0.39 is 0 Å². The molecule has 1 aliphatic rings. The van der Waals surface area contributed by atoms with Crippen molar-refractivity contribution in [2.45, 2.75) is 51.5 Å². The molecule has 1 saturated carbocycles. The van der Waals surface area contributed by atoms with E-state index >= 15 is 0 Å². The molecule has 1 N–H and O–H groups in total. The lowest BCUT2D eigenvalue weighted by atomic mass is 9.85.